The predicted octanol–water partition coefficient (Wildman–Crippen LogP) is -0.0583. The number of hydrogen-bond donors (Lipinski definition) is 2. The number of anilines is 3. The van der Waals surface area contributed by atoms with Crippen LogP contribution in [0.2, 0.25) is 0 Å². The van der Waals surface area contributed by atoms with Crippen LogP contribution in [-0.4, -0.2) is 62.1 Å². The summed E-state index contributed by atoms with van der Waals surface area (Å²) in [5, 5.41) is 5.71. The topological polar surface area (TPSA) is 86.3 Å². The van der Waals surface area contributed by atoms with Crippen molar-refractivity contribution in [3.8, 4) is 0 Å². The van der Waals surface area contributed by atoms with Gasteiger partial charge < -0.3 is 20.4 Å². The number of rotatable bonds is 7. The van der Waals surface area contributed by atoms with E-state index in [1.165, 1.54) is 0 Å². The van der Waals surface area contributed by atoms with Gasteiger partial charge in [-0.2, -0.15) is 15.0 Å². The second-order valence-corrected chi connectivity index (χ2v) is 4.61. The lowest BCUT2D eigenvalue weighted by Crippen LogP contribution is -2.34. The molecule has 0 fully saturated rings. The molecule has 1 rings (SSSR count). The van der Waals surface area contributed by atoms with E-state index in [0.717, 1.165) is 13.0 Å². The molecule has 0 aromatic carbocycles. The molecule has 0 radical (unpaired) electrons. The van der Waals surface area contributed by atoms with E-state index in [-0.39, 0.29) is 12.5 Å². The Morgan fingerprint density at radius 2 is 1.80 bits per heavy atom. The maximum Gasteiger partial charge on any atom is 0.239 e. The summed E-state index contributed by atoms with van der Waals surface area (Å²) in [6, 6.07) is 0. The normalized spacial score (nSPS) is 10.1. The van der Waals surface area contributed by atoms with Gasteiger partial charge in [-0.1, -0.05) is 6.92 Å². The van der Waals surface area contributed by atoms with Gasteiger partial charge in [0, 0.05) is 34.7 Å². The molecule has 0 aliphatic carbocycles. The van der Waals surface area contributed by atoms with E-state index in [9.17, 15) is 4.79 Å². The van der Waals surface area contributed by atoms with Gasteiger partial charge in [0.05, 0.1) is 6.54 Å². The van der Waals surface area contributed by atoms with Crippen molar-refractivity contribution in [3.05, 3.63) is 0 Å². The fourth-order valence-electron chi connectivity index (χ4n) is 1.41. The Labute approximate surface area is 119 Å². The van der Waals surface area contributed by atoms with Crippen LogP contribution in [0, 0.1) is 0 Å². The first-order valence-corrected chi connectivity index (χ1v) is 6.57. The van der Waals surface area contributed by atoms with Crippen molar-refractivity contribution in [1.29, 1.82) is 0 Å². The van der Waals surface area contributed by atoms with Crippen LogP contribution in [0.5, 0.6) is 0 Å². The summed E-state index contributed by atoms with van der Waals surface area (Å²) in [5.41, 5.74) is 0. The first-order valence-electron chi connectivity index (χ1n) is 6.57. The Morgan fingerprint density at radius 1 is 1.15 bits per heavy atom. The summed E-state index contributed by atoms with van der Waals surface area (Å²) < 4.78 is 0. The van der Waals surface area contributed by atoms with Crippen LogP contribution in [0.3, 0.4) is 0 Å². The molecule has 1 amide bonds. The minimum Gasteiger partial charge on any atom is -0.358 e. The molecule has 0 atom stereocenters. The molecule has 1 aromatic heterocycles. The summed E-state index contributed by atoms with van der Waals surface area (Å²) in [7, 11) is 7.10. The molecule has 8 heteroatoms. The highest BCUT2D eigenvalue weighted by molar-refractivity contribution is 5.80. The smallest absolute Gasteiger partial charge is 0.239 e. The lowest BCUT2D eigenvalue weighted by atomic mass is 10.5. The Balaban J connectivity index is 2.98. The van der Waals surface area contributed by atoms with E-state index in [2.05, 4.69) is 32.5 Å². The summed E-state index contributed by atoms with van der Waals surface area (Å²) in [4.78, 5) is 27.9. The Bertz CT molecular complexity index is 449. The van der Waals surface area contributed by atoms with Gasteiger partial charge >= 0.3 is 0 Å². The predicted molar refractivity (Wildman–Crippen MR) is 80.3 cm³/mol. The van der Waals surface area contributed by atoms with Gasteiger partial charge in [-0.25, -0.2) is 0 Å². The van der Waals surface area contributed by atoms with Gasteiger partial charge in [-0.15, -0.1) is 0 Å². The van der Waals surface area contributed by atoms with Crippen molar-refractivity contribution in [1.82, 2.24) is 20.3 Å². The summed E-state index contributed by atoms with van der Waals surface area (Å²) in [6.45, 7) is 3.05. The van der Waals surface area contributed by atoms with Gasteiger partial charge in [0.25, 0.3) is 0 Å². The Kier molecular flexibility index (Phi) is 5.95. The van der Waals surface area contributed by atoms with Crippen LogP contribution in [0.25, 0.3) is 0 Å². The average Bonchev–Trinajstić information content (AvgIpc) is 2.44. The Morgan fingerprint density at radius 3 is 2.35 bits per heavy atom. The van der Waals surface area contributed by atoms with Crippen LogP contribution in [0.4, 0.5) is 17.8 Å². The summed E-state index contributed by atoms with van der Waals surface area (Å²) >= 11 is 0. The molecular weight excluding hydrogens is 258 g/mol. The first kappa shape index (κ1) is 15.9. The van der Waals surface area contributed by atoms with Crippen LogP contribution in [0.15, 0.2) is 0 Å². The fourth-order valence-corrected chi connectivity index (χ4v) is 1.41. The van der Waals surface area contributed by atoms with Crippen LogP contribution >= 0.6 is 0 Å². The quantitative estimate of drug-likeness (QED) is 0.724. The monoisotopic (exact) mass is 281 g/mol. The Hall–Kier alpha value is -2.12. The second-order valence-electron chi connectivity index (χ2n) is 4.61. The van der Waals surface area contributed by atoms with Crippen molar-refractivity contribution < 1.29 is 4.79 Å². The number of nitrogens with one attached hydrogen (secondary N) is 2. The molecule has 112 valence electrons. The second kappa shape index (κ2) is 7.46. The maximum atomic E-state index is 11.4. The lowest BCUT2D eigenvalue weighted by molar-refractivity contribution is -0.119. The average molecular weight is 281 g/mol. The molecule has 20 heavy (non-hydrogen) atoms. The van der Waals surface area contributed by atoms with E-state index >= 15 is 0 Å². The van der Waals surface area contributed by atoms with Gasteiger partial charge in [-0.3, -0.25) is 4.79 Å². The molecule has 0 saturated heterocycles. The maximum absolute atomic E-state index is 11.4. The number of carbonyl (C=O) groups is 1. The zero-order valence-corrected chi connectivity index (χ0v) is 12.8. The van der Waals surface area contributed by atoms with E-state index in [1.54, 1.807) is 23.9 Å². The van der Waals surface area contributed by atoms with E-state index in [0.29, 0.717) is 17.8 Å². The van der Waals surface area contributed by atoms with Crippen molar-refractivity contribution in [2.45, 2.75) is 13.3 Å². The van der Waals surface area contributed by atoms with Crippen molar-refractivity contribution in [3.63, 3.8) is 0 Å². The third-order valence-corrected chi connectivity index (χ3v) is 2.55. The van der Waals surface area contributed by atoms with Crippen molar-refractivity contribution >= 4 is 23.8 Å². The molecule has 0 saturated carbocycles. The van der Waals surface area contributed by atoms with Gasteiger partial charge in [-0.05, 0) is 6.42 Å². The molecule has 0 bridgehead atoms. The SMILES string of the molecule is CCCNc1nc(N(C)C)nc(N(C)CC(=O)NC)n1. The van der Waals surface area contributed by atoms with Gasteiger partial charge in [0.15, 0.2) is 0 Å². The highest BCUT2D eigenvalue weighted by Crippen LogP contribution is 2.14. The van der Waals surface area contributed by atoms with E-state index in [1.807, 2.05) is 14.1 Å². The molecule has 0 aliphatic heterocycles. The lowest BCUT2D eigenvalue weighted by Gasteiger charge is -2.19. The fraction of sp³-hybridized carbons (Fsp3) is 0.667. The highest BCUT2D eigenvalue weighted by Gasteiger charge is 2.13. The van der Waals surface area contributed by atoms with E-state index < -0.39 is 0 Å². The minimum absolute atomic E-state index is 0.0950. The van der Waals surface area contributed by atoms with Crippen molar-refractivity contribution in [2.24, 2.45) is 0 Å². The zero-order chi connectivity index (χ0) is 15.1. The number of nitrogens with zero attached hydrogens (tertiary/aromatic N) is 5. The summed E-state index contributed by atoms with van der Waals surface area (Å²) in [5.74, 6) is 1.44. The molecule has 8 nitrogen and oxygen atoms in total. The third-order valence-electron chi connectivity index (χ3n) is 2.55. The standard InChI is InChI=1S/C12H23N7O/c1-6-7-14-10-15-11(18(3)4)17-12(16-10)19(5)8-9(20)13-2/h6-8H2,1-5H3,(H,13,20)(H,14,15,16,17). The number of hydrogen-bond acceptors (Lipinski definition) is 7. The number of likely N-dealkylation sites (N-methyl/N-ethyl adjacent to an activating group) is 2. The van der Waals surface area contributed by atoms with Crippen molar-refractivity contribution in [2.75, 3.05) is 56.4 Å². The highest BCUT2D eigenvalue weighted by atomic mass is 16.1. The van der Waals surface area contributed by atoms with E-state index in [4.69, 9.17) is 0 Å². The van der Waals surface area contributed by atoms with Crippen LogP contribution in [0.1, 0.15) is 13.3 Å². The van der Waals surface area contributed by atoms with Gasteiger partial charge in [0.1, 0.15) is 0 Å². The molecular formula is C12H23N7O. The van der Waals surface area contributed by atoms with Gasteiger partial charge in [0.2, 0.25) is 23.8 Å². The van der Waals surface area contributed by atoms with Crippen LogP contribution < -0.4 is 20.4 Å². The number of amides is 1. The molecule has 0 spiro atoms. The molecule has 0 unspecified atom stereocenters. The summed E-state index contributed by atoms with van der Waals surface area (Å²) in [6.07, 6.45) is 0.979. The minimum atomic E-state index is -0.0950. The zero-order valence-electron chi connectivity index (χ0n) is 12.8. The molecule has 1 heterocycles. The largest absolute Gasteiger partial charge is 0.358 e. The molecule has 0 aliphatic rings. The number of aromatic nitrogens is 3. The molecule has 1 aromatic rings. The third kappa shape index (κ3) is 4.52. The van der Waals surface area contributed by atoms with Crippen LogP contribution in [-0.2, 0) is 4.79 Å². The first-order chi connectivity index (χ1) is 9.47. The number of carbonyl (C=O) groups excluding carboxylic acids is 1. The molecule has 2 N–H and O–H groups in total.